The Labute approximate surface area is 100.0 Å². The zero-order chi connectivity index (χ0) is 13.1. The summed E-state index contributed by atoms with van der Waals surface area (Å²) < 4.78 is 28.8. The van der Waals surface area contributed by atoms with Crippen LogP contribution in [-0.4, -0.2) is 32.4 Å². The number of sulfone groups is 1. The number of aryl methyl sites for hydroxylation is 1. The summed E-state index contributed by atoms with van der Waals surface area (Å²) in [5.41, 5.74) is 0.778. The maximum Gasteiger partial charge on any atom is 0.304 e. The van der Waals surface area contributed by atoms with Crippen molar-refractivity contribution in [1.29, 1.82) is 0 Å². The molecule has 0 saturated carbocycles. The van der Waals surface area contributed by atoms with Gasteiger partial charge in [0.05, 0.1) is 19.3 Å². The van der Waals surface area contributed by atoms with E-state index in [4.69, 9.17) is 9.84 Å². The largest absolute Gasteiger partial charge is 0.495 e. The molecule has 1 aromatic rings. The predicted octanol–water partition coefficient (Wildman–Crippen LogP) is 1.25. The molecular weight excluding hydrogens is 244 g/mol. The van der Waals surface area contributed by atoms with Gasteiger partial charge >= 0.3 is 5.97 Å². The summed E-state index contributed by atoms with van der Waals surface area (Å²) in [6.45, 7) is 1.76. The van der Waals surface area contributed by atoms with E-state index >= 15 is 0 Å². The first-order valence-electron chi connectivity index (χ1n) is 4.96. The van der Waals surface area contributed by atoms with Crippen LogP contribution in [0.15, 0.2) is 23.1 Å². The molecule has 0 heterocycles. The van der Waals surface area contributed by atoms with Crippen molar-refractivity contribution in [2.24, 2.45) is 0 Å². The van der Waals surface area contributed by atoms with Crippen LogP contribution in [0.4, 0.5) is 0 Å². The molecule has 5 nitrogen and oxygen atoms in total. The summed E-state index contributed by atoms with van der Waals surface area (Å²) in [7, 11) is -2.25. The van der Waals surface area contributed by atoms with Crippen LogP contribution in [-0.2, 0) is 14.6 Å². The lowest BCUT2D eigenvalue weighted by molar-refractivity contribution is -0.136. The van der Waals surface area contributed by atoms with Crippen LogP contribution in [0.25, 0.3) is 0 Å². The number of hydrogen-bond donors (Lipinski definition) is 1. The minimum absolute atomic E-state index is 0.0428. The number of rotatable bonds is 5. The Morgan fingerprint density at radius 2 is 2.06 bits per heavy atom. The third kappa shape index (κ3) is 3.45. The van der Waals surface area contributed by atoms with Crippen LogP contribution in [0.1, 0.15) is 12.0 Å². The minimum Gasteiger partial charge on any atom is -0.495 e. The van der Waals surface area contributed by atoms with Gasteiger partial charge in [-0.25, -0.2) is 8.42 Å². The molecule has 0 aliphatic heterocycles. The Morgan fingerprint density at radius 1 is 1.41 bits per heavy atom. The Kier molecular flexibility index (Phi) is 4.11. The molecule has 0 radical (unpaired) electrons. The van der Waals surface area contributed by atoms with Crippen LogP contribution < -0.4 is 4.74 Å². The highest BCUT2D eigenvalue weighted by atomic mass is 32.2. The van der Waals surface area contributed by atoms with Gasteiger partial charge in [0.2, 0.25) is 0 Å². The van der Waals surface area contributed by atoms with E-state index in [9.17, 15) is 13.2 Å². The molecule has 1 aromatic carbocycles. The first-order valence-corrected chi connectivity index (χ1v) is 6.61. The Balaban J connectivity index is 3.13. The zero-order valence-corrected chi connectivity index (χ0v) is 10.5. The van der Waals surface area contributed by atoms with Gasteiger partial charge in [-0.15, -0.1) is 0 Å². The van der Waals surface area contributed by atoms with Gasteiger partial charge in [-0.1, -0.05) is 6.07 Å². The second kappa shape index (κ2) is 5.18. The average molecular weight is 258 g/mol. The maximum absolute atomic E-state index is 11.9. The van der Waals surface area contributed by atoms with Crippen LogP contribution in [0.5, 0.6) is 5.75 Å². The summed E-state index contributed by atoms with van der Waals surface area (Å²) in [6.07, 6.45) is -0.417. The number of carbonyl (C=O) groups is 1. The van der Waals surface area contributed by atoms with Gasteiger partial charge < -0.3 is 9.84 Å². The summed E-state index contributed by atoms with van der Waals surface area (Å²) in [4.78, 5) is 10.4. The van der Waals surface area contributed by atoms with Gasteiger partial charge in [-0.3, -0.25) is 4.79 Å². The Hall–Kier alpha value is -1.56. The van der Waals surface area contributed by atoms with Crippen LogP contribution >= 0.6 is 0 Å². The molecular formula is C11H14O5S. The van der Waals surface area contributed by atoms with E-state index in [1.165, 1.54) is 13.2 Å². The minimum atomic E-state index is -3.63. The number of carboxylic acid groups (broad SMARTS) is 1. The van der Waals surface area contributed by atoms with Gasteiger partial charge in [-0.2, -0.15) is 0 Å². The Morgan fingerprint density at radius 3 is 2.59 bits per heavy atom. The number of hydrogen-bond acceptors (Lipinski definition) is 4. The molecule has 0 saturated heterocycles. The molecule has 0 aromatic heterocycles. The van der Waals surface area contributed by atoms with Crippen molar-refractivity contribution >= 4 is 15.8 Å². The fraction of sp³-hybridized carbons (Fsp3) is 0.364. The molecule has 0 aliphatic rings. The highest BCUT2D eigenvalue weighted by Gasteiger charge is 2.20. The molecule has 0 atom stereocenters. The van der Waals surface area contributed by atoms with Crippen molar-refractivity contribution in [2.45, 2.75) is 18.2 Å². The molecule has 0 amide bonds. The van der Waals surface area contributed by atoms with Gasteiger partial charge in [-0.05, 0) is 24.6 Å². The van der Waals surface area contributed by atoms with Gasteiger partial charge in [0, 0.05) is 0 Å². The number of methoxy groups -OCH3 is 1. The smallest absolute Gasteiger partial charge is 0.304 e. The van der Waals surface area contributed by atoms with Crippen molar-refractivity contribution in [1.82, 2.24) is 0 Å². The average Bonchev–Trinajstić information content (AvgIpc) is 2.26. The molecule has 1 rings (SSSR count). The molecule has 0 unspecified atom stereocenters. The highest BCUT2D eigenvalue weighted by Crippen LogP contribution is 2.26. The normalized spacial score (nSPS) is 11.2. The monoisotopic (exact) mass is 258 g/mol. The SMILES string of the molecule is COc1ccc(C)cc1S(=O)(=O)CCC(=O)O. The van der Waals surface area contributed by atoms with Crippen LogP contribution in [0, 0.1) is 6.92 Å². The van der Waals surface area contributed by atoms with Crippen LogP contribution in [0.2, 0.25) is 0 Å². The quantitative estimate of drug-likeness (QED) is 0.859. The second-order valence-corrected chi connectivity index (χ2v) is 5.69. The fourth-order valence-electron chi connectivity index (χ4n) is 1.36. The number of carboxylic acids is 1. The number of benzene rings is 1. The molecule has 17 heavy (non-hydrogen) atoms. The van der Waals surface area contributed by atoms with Gasteiger partial charge in [0.25, 0.3) is 0 Å². The number of ether oxygens (including phenoxy) is 1. The van der Waals surface area contributed by atoms with E-state index in [0.29, 0.717) is 0 Å². The summed E-state index contributed by atoms with van der Waals surface area (Å²) in [5, 5.41) is 8.51. The summed E-state index contributed by atoms with van der Waals surface area (Å²) >= 11 is 0. The van der Waals surface area contributed by atoms with E-state index < -0.39 is 28.0 Å². The van der Waals surface area contributed by atoms with Crippen molar-refractivity contribution < 1.29 is 23.1 Å². The summed E-state index contributed by atoms with van der Waals surface area (Å²) in [6, 6.07) is 4.77. The van der Waals surface area contributed by atoms with Crippen molar-refractivity contribution in [2.75, 3.05) is 12.9 Å². The molecule has 6 heteroatoms. The van der Waals surface area contributed by atoms with E-state index in [0.717, 1.165) is 5.56 Å². The van der Waals surface area contributed by atoms with E-state index in [1.807, 2.05) is 0 Å². The van der Waals surface area contributed by atoms with Crippen molar-refractivity contribution in [3.8, 4) is 5.75 Å². The maximum atomic E-state index is 11.9. The van der Waals surface area contributed by atoms with E-state index in [1.54, 1.807) is 19.1 Å². The lowest BCUT2D eigenvalue weighted by atomic mass is 10.2. The zero-order valence-electron chi connectivity index (χ0n) is 9.63. The third-order valence-electron chi connectivity index (χ3n) is 2.24. The topological polar surface area (TPSA) is 80.7 Å². The summed E-state index contributed by atoms with van der Waals surface area (Å²) in [5.74, 6) is -1.33. The Bertz CT molecular complexity index is 519. The molecule has 94 valence electrons. The standard InChI is InChI=1S/C11H14O5S/c1-8-3-4-9(16-2)10(7-8)17(14,15)6-5-11(12)13/h3-4,7H,5-6H2,1-2H3,(H,12,13). The highest BCUT2D eigenvalue weighted by molar-refractivity contribution is 7.91. The first kappa shape index (κ1) is 13.5. The van der Waals surface area contributed by atoms with E-state index in [-0.39, 0.29) is 10.6 Å². The van der Waals surface area contributed by atoms with Gasteiger partial charge in [0.1, 0.15) is 10.6 Å². The van der Waals surface area contributed by atoms with Crippen molar-refractivity contribution in [3.63, 3.8) is 0 Å². The first-order chi connectivity index (χ1) is 7.86. The molecule has 0 spiro atoms. The molecule has 0 fully saturated rings. The third-order valence-corrected chi connectivity index (χ3v) is 3.97. The van der Waals surface area contributed by atoms with Gasteiger partial charge in [0.15, 0.2) is 9.84 Å². The van der Waals surface area contributed by atoms with Crippen LogP contribution in [0.3, 0.4) is 0 Å². The van der Waals surface area contributed by atoms with E-state index in [2.05, 4.69) is 0 Å². The fourth-order valence-corrected chi connectivity index (χ4v) is 2.85. The van der Waals surface area contributed by atoms with Crippen molar-refractivity contribution in [3.05, 3.63) is 23.8 Å². The predicted molar refractivity (Wildman–Crippen MR) is 62.0 cm³/mol. The lowest BCUT2D eigenvalue weighted by Gasteiger charge is -2.09. The molecule has 1 N–H and O–H groups in total. The molecule has 0 bridgehead atoms. The number of aliphatic carboxylic acids is 1. The second-order valence-electron chi connectivity index (χ2n) is 3.62. The lowest BCUT2D eigenvalue weighted by Crippen LogP contribution is -2.12. The molecule has 0 aliphatic carbocycles.